The minimum absolute atomic E-state index is 0.0833. The minimum Gasteiger partial charge on any atom is -0.345 e. The third-order valence-corrected chi connectivity index (χ3v) is 7.63. The van der Waals surface area contributed by atoms with E-state index in [2.05, 4.69) is 57.2 Å². The van der Waals surface area contributed by atoms with Crippen LogP contribution in [0.2, 0.25) is 3.54 Å². The second kappa shape index (κ2) is 8.01. The molecule has 0 atom stereocenters. The predicted octanol–water partition coefficient (Wildman–Crippen LogP) is 4.82. The van der Waals surface area contributed by atoms with Crippen LogP contribution in [0.5, 0.6) is 0 Å². The van der Waals surface area contributed by atoms with Gasteiger partial charge in [0.15, 0.2) is 0 Å². The summed E-state index contributed by atoms with van der Waals surface area (Å²) in [6.45, 7) is 6.52. The van der Waals surface area contributed by atoms with Crippen LogP contribution in [-0.2, 0) is 19.2 Å². The third-order valence-electron chi connectivity index (χ3n) is 2.26. The summed E-state index contributed by atoms with van der Waals surface area (Å²) in [7, 11) is 5.62. The van der Waals surface area contributed by atoms with E-state index in [1.165, 1.54) is 12.8 Å². The van der Waals surface area contributed by atoms with Crippen molar-refractivity contribution in [1.82, 2.24) is 0 Å². The first-order chi connectivity index (χ1) is 8.01. The van der Waals surface area contributed by atoms with Gasteiger partial charge in [0.1, 0.15) is 0 Å². The zero-order chi connectivity index (χ0) is 12.7. The van der Waals surface area contributed by atoms with E-state index in [1.807, 2.05) is 0 Å². The van der Waals surface area contributed by atoms with Crippen molar-refractivity contribution in [3.63, 3.8) is 0 Å². The fourth-order valence-electron chi connectivity index (χ4n) is 1.29. The summed E-state index contributed by atoms with van der Waals surface area (Å²) in [5.41, 5.74) is 0. The third kappa shape index (κ3) is 7.69. The molecule has 0 aromatic carbocycles. The van der Waals surface area contributed by atoms with Crippen molar-refractivity contribution >= 4 is 28.3 Å². The van der Waals surface area contributed by atoms with Gasteiger partial charge in [-0.15, -0.1) is 3.54 Å². The molecule has 0 fully saturated rings. The molecule has 2 aliphatic rings. The van der Waals surface area contributed by atoms with Crippen molar-refractivity contribution in [3.8, 4) is 0 Å². The Morgan fingerprint density at radius 2 is 1.47 bits per heavy atom. The summed E-state index contributed by atoms with van der Waals surface area (Å²) in [5, 5.41) is 0. The fraction of sp³-hybridized carbons (Fsp3) is 0.429. The number of hydrogen-bond acceptors (Lipinski definition) is 0. The van der Waals surface area contributed by atoms with Crippen LogP contribution in [0.25, 0.3) is 0 Å². The van der Waals surface area contributed by atoms with E-state index in [9.17, 15) is 0 Å². The zero-order valence-corrected chi connectivity index (χ0v) is 14.7. The van der Waals surface area contributed by atoms with Gasteiger partial charge in [-0.05, 0) is 0 Å². The van der Waals surface area contributed by atoms with Crippen LogP contribution in [0.3, 0.4) is 0 Å². The van der Waals surface area contributed by atoms with Crippen LogP contribution < -0.4 is 0 Å². The number of halogens is 1. The average Bonchev–Trinajstić information content (AvgIpc) is 2.91. The Labute approximate surface area is 128 Å². The molecule has 0 aromatic heterocycles. The Balaban J connectivity index is 0.000000209. The maximum Gasteiger partial charge on any atom is 0.506 e. The zero-order valence-electron chi connectivity index (χ0n) is 11.0. The second-order valence-electron chi connectivity index (χ2n) is 5.47. The molecule has 0 aliphatic heterocycles. The maximum absolute atomic E-state index is 5.62. The molecule has 2 aliphatic carbocycles. The largest absolute Gasteiger partial charge is 0.506 e. The Bertz CT molecular complexity index is 331. The van der Waals surface area contributed by atoms with Crippen molar-refractivity contribution in [2.24, 2.45) is 0 Å². The molecule has 2 rings (SSSR count). The first-order valence-electron chi connectivity index (χ1n) is 6.06. The van der Waals surface area contributed by atoms with E-state index >= 15 is 0 Å². The molecular weight excluding hydrogens is 276 g/mol. The van der Waals surface area contributed by atoms with E-state index in [0.717, 1.165) is 0 Å². The van der Waals surface area contributed by atoms with Crippen LogP contribution in [0, 0.1) is 0 Å². The first-order valence-corrected chi connectivity index (χ1v) is 10.5. The summed E-state index contributed by atoms with van der Waals surface area (Å²) in [5.74, 6) is 0. The van der Waals surface area contributed by atoms with Crippen molar-refractivity contribution in [3.05, 3.63) is 44.2 Å². The molecule has 0 spiro atoms. The second-order valence-corrected chi connectivity index (χ2v) is 11.1. The molecule has 0 heterocycles. The summed E-state index contributed by atoms with van der Waals surface area (Å²) >= 11 is -0.192. The first kappa shape index (κ1) is 15.8. The van der Waals surface area contributed by atoms with Gasteiger partial charge in [0, 0.05) is 0 Å². The van der Waals surface area contributed by atoms with E-state index in [-0.39, 0.29) is 38.4 Å². The topological polar surface area (TPSA) is 0 Å². The average molecular weight is 295 g/mol. The summed E-state index contributed by atoms with van der Waals surface area (Å²) in [6, 6.07) is 0. The van der Waals surface area contributed by atoms with Crippen LogP contribution in [-0.4, -0.2) is 19.3 Å². The van der Waals surface area contributed by atoms with E-state index in [0.29, 0.717) is 3.54 Å². The summed E-state index contributed by atoms with van der Waals surface area (Å²) in [4.78, 5) is 0. The van der Waals surface area contributed by atoms with E-state index in [4.69, 9.17) is 9.07 Å². The quantitative estimate of drug-likeness (QED) is 0.641. The molecule has 0 amide bonds. The molecule has 0 unspecified atom stereocenters. The molecule has 0 saturated carbocycles. The Morgan fingerprint density at radius 1 is 1.06 bits per heavy atom. The van der Waals surface area contributed by atoms with Crippen LogP contribution in [0.1, 0.15) is 33.6 Å². The van der Waals surface area contributed by atoms with E-state index < -0.39 is 0 Å². The minimum atomic E-state index is -0.275. The fourth-order valence-corrected chi connectivity index (χ4v) is 3.18. The number of rotatable bonds is 2. The molecule has 0 N–H and O–H groups in total. The molecular formula is C14H19ClMgTi. The smallest absolute Gasteiger partial charge is 0.345 e. The molecule has 0 aromatic rings. The van der Waals surface area contributed by atoms with Crippen molar-refractivity contribution in [1.29, 1.82) is 0 Å². The number of hydrogen-bond donors (Lipinski definition) is 0. The summed E-state index contributed by atoms with van der Waals surface area (Å²) < 4.78 is 3.81. The molecule has 0 bridgehead atoms. The standard InChI is InChI=1S/2C5H5.C4H9.ClH.Mg.Ti/c2*1-2-4-5-3-1;1-4(2)3;;;/h2*1-3H,4H2;1-3H3;1H;;/q;;;;+1;/p-1. The van der Waals surface area contributed by atoms with Crippen LogP contribution in [0.15, 0.2) is 44.2 Å². The van der Waals surface area contributed by atoms with Gasteiger partial charge in [-0.2, -0.15) is 0 Å². The maximum atomic E-state index is 5.62. The Morgan fingerprint density at radius 3 is 1.71 bits per heavy atom. The van der Waals surface area contributed by atoms with E-state index in [1.54, 1.807) is 7.76 Å². The van der Waals surface area contributed by atoms with Gasteiger partial charge in [0.05, 0.1) is 0 Å². The molecule has 17 heavy (non-hydrogen) atoms. The normalized spacial score (nSPS) is 16.9. The van der Waals surface area contributed by atoms with Gasteiger partial charge in [-0.1, -0.05) is 20.8 Å². The molecule has 3 heteroatoms. The van der Waals surface area contributed by atoms with Crippen molar-refractivity contribution in [2.45, 2.75) is 37.2 Å². The van der Waals surface area contributed by atoms with Crippen LogP contribution >= 0.6 is 9.07 Å². The monoisotopic (exact) mass is 294 g/mol. The molecule has 0 radical (unpaired) electrons. The van der Waals surface area contributed by atoms with Gasteiger partial charge in [0.25, 0.3) is 0 Å². The van der Waals surface area contributed by atoms with Crippen LogP contribution in [0.4, 0.5) is 0 Å². The molecule has 88 valence electrons. The van der Waals surface area contributed by atoms with Gasteiger partial charge in [0.2, 0.25) is 0 Å². The van der Waals surface area contributed by atoms with Gasteiger partial charge in [-0.3, -0.25) is 0 Å². The van der Waals surface area contributed by atoms with Crippen molar-refractivity contribution in [2.75, 3.05) is 0 Å². The number of allylic oxidation sites excluding steroid dienone is 8. The van der Waals surface area contributed by atoms with Crippen molar-refractivity contribution < 1.29 is 19.2 Å². The van der Waals surface area contributed by atoms with Gasteiger partial charge >= 0.3 is 95.5 Å². The van der Waals surface area contributed by atoms with Gasteiger partial charge in [-0.25, -0.2) is 0 Å². The predicted molar refractivity (Wildman–Crippen MR) is 75.0 cm³/mol. The Hall–Kier alpha value is 0.731. The molecule has 0 nitrogen and oxygen atoms in total. The molecule has 0 saturated heterocycles. The van der Waals surface area contributed by atoms with Gasteiger partial charge < -0.3 is 9.07 Å². The summed E-state index contributed by atoms with van der Waals surface area (Å²) in [6.07, 6.45) is 15.9. The SMILES string of the molecule is C1=CC[C]([Ti][C]2=CC=CC2)=C1.C[C](C)(C)[Mg][Cl]. The Kier molecular flexibility index (Phi) is 7.44.